The van der Waals surface area contributed by atoms with Crippen molar-refractivity contribution in [3.63, 3.8) is 0 Å². The van der Waals surface area contributed by atoms with Gasteiger partial charge < -0.3 is 15.3 Å². The standard InChI is InChI=1S/C24H28N4O2S2/c1-4-14(2)11-18-15(3)32-23-21(18)22(30)27-24(28-23)31-13-20(29)25-10-9-16-12-26-19-8-6-5-7-17(16)19/h5-8,12,14,26H,4,9-11,13H2,1-3H3,(H,25,29)(H,27,28,30). The third kappa shape index (κ3) is 4.91. The molecular formula is C24H28N4O2S2. The van der Waals surface area contributed by atoms with Gasteiger partial charge in [-0.1, -0.05) is 50.2 Å². The van der Waals surface area contributed by atoms with Crippen LogP contribution in [0, 0.1) is 12.8 Å². The number of fused-ring (bicyclic) bond motifs is 2. The summed E-state index contributed by atoms with van der Waals surface area (Å²) in [6.45, 7) is 6.98. The van der Waals surface area contributed by atoms with Gasteiger partial charge in [0.15, 0.2) is 5.16 Å². The maximum absolute atomic E-state index is 12.8. The second-order valence-electron chi connectivity index (χ2n) is 8.15. The first-order valence-electron chi connectivity index (χ1n) is 10.9. The predicted molar refractivity (Wildman–Crippen MR) is 134 cm³/mol. The summed E-state index contributed by atoms with van der Waals surface area (Å²) in [5.74, 6) is 0.664. The average Bonchev–Trinajstić information content (AvgIpc) is 3.33. The molecule has 1 aromatic carbocycles. The van der Waals surface area contributed by atoms with Gasteiger partial charge in [0.05, 0.1) is 11.1 Å². The lowest BCUT2D eigenvalue weighted by molar-refractivity contribution is -0.118. The highest BCUT2D eigenvalue weighted by molar-refractivity contribution is 7.99. The van der Waals surface area contributed by atoms with Crippen molar-refractivity contribution in [3.8, 4) is 0 Å². The van der Waals surface area contributed by atoms with Crippen molar-refractivity contribution >= 4 is 50.1 Å². The molecule has 32 heavy (non-hydrogen) atoms. The highest BCUT2D eigenvalue weighted by Gasteiger charge is 2.17. The topological polar surface area (TPSA) is 90.6 Å². The number of hydrogen-bond acceptors (Lipinski definition) is 5. The summed E-state index contributed by atoms with van der Waals surface area (Å²) in [5.41, 5.74) is 3.29. The van der Waals surface area contributed by atoms with E-state index >= 15 is 0 Å². The Labute approximate surface area is 195 Å². The summed E-state index contributed by atoms with van der Waals surface area (Å²) in [6, 6.07) is 8.14. The first-order valence-corrected chi connectivity index (χ1v) is 12.7. The van der Waals surface area contributed by atoms with Gasteiger partial charge in [0.25, 0.3) is 5.56 Å². The van der Waals surface area contributed by atoms with Crippen LogP contribution < -0.4 is 10.9 Å². The molecule has 8 heteroatoms. The van der Waals surface area contributed by atoms with Gasteiger partial charge in [-0.25, -0.2) is 4.98 Å². The second kappa shape index (κ2) is 9.92. The monoisotopic (exact) mass is 468 g/mol. The smallest absolute Gasteiger partial charge is 0.260 e. The Morgan fingerprint density at radius 2 is 2.12 bits per heavy atom. The van der Waals surface area contributed by atoms with E-state index in [9.17, 15) is 9.59 Å². The number of carbonyl (C=O) groups excluding carboxylic acids is 1. The number of aryl methyl sites for hydroxylation is 1. The van der Waals surface area contributed by atoms with Crippen LogP contribution in [0.15, 0.2) is 40.4 Å². The van der Waals surface area contributed by atoms with E-state index in [1.165, 1.54) is 22.7 Å². The van der Waals surface area contributed by atoms with Crippen molar-refractivity contribution < 1.29 is 4.79 Å². The van der Waals surface area contributed by atoms with Crippen LogP contribution in [0.5, 0.6) is 0 Å². The Bertz CT molecular complexity index is 1300. The van der Waals surface area contributed by atoms with E-state index in [1.807, 2.05) is 24.4 Å². The van der Waals surface area contributed by atoms with E-state index in [1.54, 1.807) is 11.3 Å². The molecule has 4 rings (SSSR count). The number of H-pyrrole nitrogens is 2. The van der Waals surface area contributed by atoms with Crippen LogP contribution in [0.1, 0.15) is 36.3 Å². The molecule has 0 bridgehead atoms. The van der Waals surface area contributed by atoms with E-state index < -0.39 is 0 Å². The molecule has 1 atom stereocenters. The van der Waals surface area contributed by atoms with Crippen LogP contribution in [-0.2, 0) is 17.6 Å². The third-order valence-corrected chi connectivity index (χ3v) is 7.74. The van der Waals surface area contributed by atoms with Crippen molar-refractivity contribution in [2.45, 2.75) is 45.2 Å². The summed E-state index contributed by atoms with van der Waals surface area (Å²) in [5, 5.41) is 5.34. The molecular weight excluding hydrogens is 440 g/mol. The summed E-state index contributed by atoms with van der Waals surface area (Å²) in [6.07, 6.45) is 4.72. The van der Waals surface area contributed by atoms with Crippen LogP contribution >= 0.6 is 23.1 Å². The molecule has 0 fully saturated rings. The Morgan fingerprint density at radius 1 is 1.31 bits per heavy atom. The molecule has 168 valence electrons. The molecule has 3 N–H and O–H groups in total. The van der Waals surface area contributed by atoms with Crippen molar-refractivity contribution in [1.29, 1.82) is 0 Å². The van der Waals surface area contributed by atoms with E-state index in [4.69, 9.17) is 0 Å². The van der Waals surface area contributed by atoms with Crippen LogP contribution in [0.4, 0.5) is 0 Å². The van der Waals surface area contributed by atoms with Crippen molar-refractivity contribution in [3.05, 3.63) is 56.8 Å². The first kappa shape index (κ1) is 22.6. The number of nitrogens with zero attached hydrogens (tertiary/aromatic N) is 1. The normalized spacial score (nSPS) is 12.5. The fraction of sp³-hybridized carbons (Fsp3) is 0.375. The molecule has 1 unspecified atom stereocenters. The maximum Gasteiger partial charge on any atom is 0.260 e. The van der Waals surface area contributed by atoms with Gasteiger partial charge in [-0.2, -0.15) is 0 Å². The number of benzene rings is 1. The summed E-state index contributed by atoms with van der Waals surface area (Å²) >= 11 is 2.82. The number of carbonyl (C=O) groups is 1. The number of para-hydroxylation sites is 1. The van der Waals surface area contributed by atoms with Crippen molar-refractivity contribution in [1.82, 2.24) is 20.3 Å². The Hall–Kier alpha value is -2.58. The molecule has 0 saturated heterocycles. The fourth-order valence-corrected chi connectivity index (χ4v) is 5.62. The number of aromatic nitrogens is 3. The SMILES string of the molecule is CCC(C)Cc1c(C)sc2nc(SCC(=O)NCCc3c[nH]c4ccccc34)[nH]c(=O)c12. The number of aromatic amines is 2. The lowest BCUT2D eigenvalue weighted by Gasteiger charge is -2.08. The summed E-state index contributed by atoms with van der Waals surface area (Å²) in [4.78, 5) is 37.7. The van der Waals surface area contributed by atoms with Crippen LogP contribution in [0.2, 0.25) is 0 Å². The van der Waals surface area contributed by atoms with E-state index in [2.05, 4.69) is 47.1 Å². The number of thiophene rings is 1. The number of nitrogens with one attached hydrogen (secondary N) is 3. The maximum atomic E-state index is 12.8. The number of amides is 1. The van der Waals surface area contributed by atoms with E-state index in [-0.39, 0.29) is 17.2 Å². The zero-order valence-corrected chi connectivity index (χ0v) is 20.2. The Morgan fingerprint density at radius 3 is 2.94 bits per heavy atom. The quantitative estimate of drug-likeness (QED) is 0.243. The number of rotatable bonds is 9. The summed E-state index contributed by atoms with van der Waals surface area (Å²) in [7, 11) is 0. The van der Waals surface area contributed by atoms with Gasteiger partial charge >= 0.3 is 0 Å². The molecule has 0 saturated carbocycles. The third-order valence-electron chi connectivity index (χ3n) is 5.82. The minimum Gasteiger partial charge on any atom is -0.361 e. The zero-order valence-electron chi connectivity index (χ0n) is 18.6. The molecule has 4 aromatic rings. The van der Waals surface area contributed by atoms with Gasteiger partial charge in [-0.05, 0) is 42.9 Å². The van der Waals surface area contributed by atoms with Gasteiger partial charge in [0, 0.05) is 28.5 Å². The molecule has 1 amide bonds. The highest BCUT2D eigenvalue weighted by atomic mass is 32.2. The van der Waals surface area contributed by atoms with Crippen molar-refractivity contribution in [2.24, 2.45) is 5.92 Å². The molecule has 0 aliphatic rings. The minimum absolute atomic E-state index is 0.0718. The van der Waals surface area contributed by atoms with E-state index in [0.717, 1.165) is 40.1 Å². The predicted octanol–water partition coefficient (Wildman–Crippen LogP) is 4.81. The Kier molecular flexibility index (Phi) is 7.01. The minimum atomic E-state index is -0.111. The van der Waals surface area contributed by atoms with E-state index in [0.29, 0.717) is 23.0 Å². The molecule has 0 aliphatic heterocycles. The molecule has 0 spiro atoms. The van der Waals surface area contributed by atoms with Gasteiger partial charge in [0.1, 0.15) is 4.83 Å². The van der Waals surface area contributed by atoms with Crippen LogP contribution in [0.25, 0.3) is 21.1 Å². The van der Waals surface area contributed by atoms with Crippen LogP contribution in [0.3, 0.4) is 0 Å². The molecule has 3 aromatic heterocycles. The summed E-state index contributed by atoms with van der Waals surface area (Å²) < 4.78 is 0. The van der Waals surface area contributed by atoms with Crippen LogP contribution in [-0.4, -0.2) is 33.2 Å². The lowest BCUT2D eigenvalue weighted by atomic mass is 9.98. The van der Waals surface area contributed by atoms with Crippen molar-refractivity contribution in [2.75, 3.05) is 12.3 Å². The highest BCUT2D eigenvalue weighted by Crippen LogP contribution is 2.30. The number of hydrogen-bond donors (Lipinski definition) is 3. The average molecular weight is 469 g/mol. The first-order chi connectivity index (χ1) is 15.5. The number of thioether (sulfide) groups is 1. The lowest BCUT2D eigenvalue weighted by Crippen LogP contribution is -2.27. The zero-order chi connectivity index (χ0) is 22.7. The fourth-order valence-electron chi connectivity index (χ4n) is 3.82. The van der Waals surface area contributed by atoms with Gasteiger partial charge in [0.2, 0.25) is 5.91 Å². The molecule has 3 heterocycles. The second-order valence-corrected chi connectivity index (χ2v) is 10.3. The molecule has 0 radical (unpaired) electrons. The van der Waals surface area contributed by atoms with Gasteiger partial charge in [-0.3, -0.25) is 9.59 Å². The van der Waals surface area contributed by atoms with Gasteiger partial charge in [-0.15, -0.1) is 11.3 Å². The Balaban J connectivity index is 1.35. The largest absolute Gasteiger partial charge is 0.361 e. The molecule has 0 aliphatic carbocycles. The molecule has 6 nitrogen and oxygen atoms in total.